The first-order chi connectivity index (χ1) is 4.30. The van der Waals surface area contributed by atoms with Crippen molar-refractivity contribution in [3.05, 3.63) is 24.9 Å². The Hall–Kier alpha value is -1.45. The Kier molecular flexibility index (Phi) is 1.40. The molecule has 0 aromatic heterocycles. The summed E-state index contributed by atoms with van der Waals surface area (Å²) in [5.41, 5.74) is 5.10. The van der Waals surface area contributed by atoms with E-state index in [2.05, 4.69) is 11.0 Å². The van der Waals surface area contributed by atoms with Crippen LogP contribution in [0.4, 0.5) is 0 Å². The summed E-state index contributed by atoms with van der Waals surface area (Å²) in [5.74, 6) is -0.0537. The Labute approximate surface area is 52.7 Å². The second-order valence-electron chi connectivity index (χ2n) is 1.44. The zero-order chi connectivity index (χ0) is 6.69. The molecule has 0 bridgehead atoms. The van der Waals surface area contributed by atoms with Gasteiger partial charge in [0.15, 0.2) is 12.2 Å². The van der Waals surface area contributed by atoms with Gasteiger partial charge in [0.1, 0.15) is 6.26 Å². The van der Waals surface area contributed by atoms with Gasteiger partial charge in [-0.15, -0.1) is 0 Å². The van der Waals surface area contributed by atoms with E-state index in [1.165, 1.54) is 23.6 Å². The lowest BCUT2D eigenvalue weighted by molar-refractivity contribution is 0.345. The summed E-state index contributed by atoms with van der Waals surface area (Å²) in [7, 11) is 0. The number of ether oxygens (including phenoxy) is 1. The minimum Gasteiger partial charge on any atom is -0.458 e. The van der Waals surface area contributed by atoms with Crippen molar-refractivity contribution in [2.45, 2.75) is 0 Å². The lowest BCUT2D eigenvalue weighted by Crippen LogP contribution is -2.28. The van der Waals surface area contributed by atoms with E-state index < -0.39 is 0 Å². The average molecular weight is 124 g/mol. The first kappa shape index (κ1) is 5.68. The van der Waals surface area contributed by atoms with E-state index in [0.717, 1.165) is 0 Å². The summed E-state index contributed by atoms with van der Waals surface area (Å²) < 4.78 is 4.57. The maximum absolute atomic E-state index is 6.91. The van der Waals surface area contributed by atoms with Crippen LogP contribution >= 0.6 is 0 Å². The monoisotopic (exact) mass is 124 g/mol. The summed E-state index contributed by atoms with van der Waals surface area (Å²) in [6.45, 7) is 0. The highest BCUT2D eigenvalue weighted by Gasteiger charge is 1.99. The predicted octanol–water partition coefficient (Wildman–Crippen LogP) is -0.0423. The Morgan fingerprint density at radius 3 is 2.89 bits per heavy atom. The Morgan fingerprint density at radius 1 is 1.78 bits per heavy atom. The van der Waals surface area contributed by atoms with Crippen LogP contribution in [-0.2, 0) is 4.74 Å². The van der Waals surface area contributed by atoms with Crippen LogP contribution in [0, 0.1) is 11.7 Å². The Balaban J connectivity index is 2.60. The van der Waals surface area contributed by atoms with Gasteiger partial charge in [-0.05, 0) is 0 Å². The molecule has 9 heavy (non-hydrogen) atoms. The Morgan fingerprint density at radius 2 is 2.56 bits per heavy atom. The fourth-order valence-corrected chi connectivity index (χ4v) is 0.415. The van der Waals surface area contributed by atoms with E-state index in [1.54, 1.807) is 0 Å². The number of nitrogens with zero attached hydrogens (tertiary/aromatic N) is 1. The van der Waals surface area contributed by atoms with E-state index in [4.69, 9.17) is 11.1 Å². The van der Waals surface area contributed by atoms with Crippen LogP contribution in [0.3, 0.4) is 0 Å². The molecule has 0 spiro atoms. The van der Waals surface area contributed by atoms with E-state index in [1.807, 2.05) is 0 Å². The fourth-order valence-electron chi connectivity index (χ4n) is 0.415. The SMILES string of the molecule is N=C(N)N1C=[C]OC=C1. The van der Waals surface area contributed by atoms with Crippen molar-refractivity contribution >= 4 is 5.96 Å². The number of nitrogens with two attached hydrogens (primary N) is 1. The summed E-state index contributed by atoms with van der Waals surface area (Å²) in [6, 6.07) is 0. The zero-order valence-corrected chi connectivity index (χ0v) is 4.66. The van der Waals surface area contributed by atoms with Crippen molar-refractivity contribution in [3.8, 4) is 0 Å². The highest BCUT2D eigenvalue weighted by molar-refractivity contribution is 5.76. The molecule has 3 N–H and O–H groups in total. The van der Waals surface area contributed by atoms with Crippen LogP contribution in [0.2, 0.25) is 0 Å². The molecular formula is C5H6N3O. The normalized spacial score (nSPS) is 15.3. The lowest BCUT2D eigenvalue weighted by atomic mass is 10.6. The van der Waals surface area contributed by atoms with Crippen molar-refractivity contribution in [2.75, 3.05) is 0 Å². The number of guanidine groups is 1. The smallest absolute Gasteiger partial charge is 0.196 e. The minimum absolute atomic E-state index is 0.0537. The third-order valence-electron chi connectivity index (χ3n) is 0.828. The maximum Gasteiger partial charge on any atom is 0.196 e. The van der Waals surface area contributed by atoms with E-state index in [9.17, 15) is 0 Å². The molecule has 0 aromatic rings. The molecule has 4 heteroatoms. The number of hydrogen-bond donors (Lipinski definition) is 2. The molecule has 0 atom stereocenters. The number of hydrogen-bond acceptors (Lipinski definition) is 2. The van der Waals surface area contributed by atoms with Crippen molar-refractivity contribution in [1.29, 1.82) is 5.41 Å². The van der Waals surface area contributed by atoms with E-state index in [-0.39, 0.29) is 5.96 Å². The Bertz CT molecular complexity index is 161. The van der Waals surface area contributed by atoms with Gasteiger partial charge in [-0.25, -0.2) is 0 Å². The molecule has 1 heterocycles. The highest BCUT2D eigenvalue weighted by Crippen LogP contribution is 1.96. The van der Waals surface area contributed by atoms with E-state index in [0.29, 0.717) is 0 Å². The molecule has 1 aliphatic rings. The first-order valence-electron chi connectivity index (χ1n) is 2.34. The molecule has 1 rings (SSSR count). The molecule has 0 aromatic carbocycles. The van der Waals surface area contributed by atoms with Crippen molar-refractivity contribution in [2.24, 2.45) is 5.73 Å². The summed E-state index contributed by atoms with van der Waals surface area (Å²) >= 11 is 0. The van der Waals surface area contributed by atoms with Crippen LogP contribution in [0.1, 0.15) is 0 Å². The van der Waals surface area contributed by atoms with Gasteiger partial charge in [0.25, 0.3) is 0 Å². The fraction of sp³-hybridized carbons (Fsp3) is 0. The van der Waals surface area contributed by atoms with Crippen molar-refractivity contribution in [3.63, 3.8) is 0 Å². The number of nitrogens with one attached hydrogen (secondary N) is 1. The van der Waals surface area contributed by atoms with Gasteiger partial charge in [0.2, 0.25) is 0 Å². The molecule has 4 nitrogen and oxygen atoms in total. The predicted molar refractivity (Wildman–Crippen MR) is 31.8 cm³/mol. The van der Waals surface area contributed by atoms with E-state index >= 15 is 0 Å². The van der Waals surface area contributed by atoms with Gasteiger partial charge in [-0.3, -0.25) is 10.3 Å². The van der Waals surface area contributed by atoms with Crippen molar-refractivity contribution in [1.82, 2.24) is 4.90 Å². The lowest BCUT2D eigenvalue weighted by Gasteiger charge is -2.13. The molecule has 0 saturated carbocycles. The molecule has 0 saturated heterocycles. The van der Waals surface area contributed by atoms with Gasteiger partial charge < -0.3 is 10.5 Å². The third-order valence-corrected chi connectivity index (χ3v) is 0.828. The highest BCUT2D eigenvalue weighted by atomic mass is 16.5. The van der Waals surface area contributed by atoms with Crippen LogP contribution in [-0.4, -0.2) is 10.9 Å². The van der Waals surface area contributed by atoms with Crippen LogP contribution in [0.25, 0.3) is 0 Å². The van der Waals surface area contributed by atoms with Gasteiger partial charge in [0, 0.05) is 6.20 Å². The second-order valence-corrected chi connectivity index (χ2v) is 1.44. The topological polar surface area (TPSA) is 62.3 Å². The molecule has 47 valence electrons. The molecule has 0 fully saturated rings. The van der Waals surface area contributed by atoms with Gasteiger partial charge in [-0.1, -0.05) is 0 Å². The molecule has 0 aliphatic carbocycles. The second kappa shape index (κ2) is 2.21. The largest absolute Gasteiger partial charge is 0.458 e. The van der Waals surface area contributed by atoms with Gasteiger partial charge >= 0.3 is 0 Å². The summed E-state index contributed by atoms with van der Waals surface area (Å²) in [4.78, 5) is 1.38. The first-order valence-corrected chi connectivity index (χ1v) is 2.34. The molecule has 0 unspecified atom stereocenters. The third kappa shape index (κ3) is 1.22. The van der Waals surface area contributed by atoms with Crippen LogP contribution in [0.5, 0.6) is 0 Å². The van der Waals surface area contributed by atoms with Crippen molar-refractivity contribution < 1.29 is 4.74 Å². The number of rotatable bonds is 0. The molecule has 1 aliphatic heterocycles. The quantitative estimate of drug-likeness (QED) is 0.352. The summed E-state index contributed by atoms with van der Waals surface area (Å²) in [5, 5.41) is 6.91. The molecule has 1 radical (unpaired) electrons. The molecular weight excluding hydrogens is 118 g/mol. The molecule has 0 amide bonds. The van der Waals surface area contributed by atoms with Crippen LogP contribution in [0.15, 0.2) is 18.7 Å². The average Bonchev–Trinajstić information content (AvgIpc) is 1.90. The van der Waals surface area contributed by atoms with Gasteiger partial charge in [-0.2, -0.15) is 0 Å². The maximum atomic E-state index is 6.91. The van der Waals surface area contributed by atoms with Crippen LogP contribution < -0.4 is 5.73 Å². The van der Waals surface area contributed by atoms with Gasteiger partial charge in [0.05, 0.1) is 6.20 Å². The standard InChI is InChI=1S/C5H6N3O/c6-5(7)8-1-3-9-4-2-8/h1-3H,(H3,6,7). The minimum atomic E-state index is -0.0537. The summed E-state index contributed by atoms with van der Waals surface area (Å²) in [6.07, 6.45) is 6.76. The zero-order valence-electron chi connectivity index (χ0n) is 4.66.